The smallest absolute Gasteiger partial charge is 0.243 e. The van der Waals surface area contributed by atoms with Crippen molar-refractivity contribution in [1.82, 2.24) is 20.2 Å². The number of hydrogen-bond donors (Lipinski definition) is 1. The number of aromatic nitrogens is 4. The maximum Gasteiger partial charge on any atom is 0.243 e. The molecule has 2 aromatic carbocycles. The Labute approximate surface area is 149 Å². The summed E-state index contributed by atoms with van der Waals surface area (Å²) >= 11 is 7.75. The highest BCUT2D eigenvalue weighted by Gasteiger charge is 2.30. The molecule has 2 unspecified atom stereocenters. The fourth-order valence-electron chi connectivity index (χ4n) is 3.05. The van der Waals surface area contributed by atoms with E-state index in [1.54, 1.807) is 11.8 Å². The van der Waals surface area contributed by atoms with E-state index >= 15 is 0 Å². The van der Waals surface area contributed by atoms with Gasteiger partial charge in [-0.15, -0.1) is 11.8 Å². The lowest BCUT2D eigenvalue weighted by molar-refractivity contribution is 0.423. The van der Waals surface area contributed by atoms with Gasteiger partial charge in [-0.1, -0.05) is 41.0 Å². The van der Waals surface area contributed by atoms with Crippen LogP contribution >= 0.6 is 23.4 Å². The lowest BCUT2D eigenvalue weighted by Crippen LogP contribution is -2.28. The molecule has 0 amide bonds. The van der Waals surface area contributed by atoms with Crippen LogP contribution in [0.4, 0.5) is 5.95 Å². The van der Waals surface area contributed by atoms with Gasteiger partial charge in [0.1, 0.15) is 0 Å². The highest BCUT2D eigenvalue weighted by Crippen LogP contribution is 2.37. The molecule has 0 radical (unpaired) electrons. The molecule has 1 aliphatic rings. The van der Waals surface area contributed by atoms with E-state index in [1.807, 2.05) is 28.9 Å². The first kappa shape index (κ1) is 15.5. The summed E-state index contributed by atoms with van der Waals surface area (Å²) in [6.45, 7) is 0. The van der Waals surface area contributed by atoms with E-state index < -0.39 is 0 Å². The summed E-state index contributed by atoms with van der Waals surface area (Å²) in [7, 11) is 0. The lowest BCUT2D eigenvalue weighted by atomic mass is 9.93. The predicted molar refractivity (Wildman–Crippen MR) is 96.6 cm³/mol. The first-order chi connectivity index (χ1) is 11.7. The zero-order chi connectivity index (χ0) is 16.5. The van der Waals surface area contributed by atoms with Crippen LogP contribution in [0.3, 0.4) is 0 Å². The third-order valence-electron chi connectivity index (χ3n) is 4.32. The minimum Gasteiger partial charge on any atom is -0.346 e. The van der Waals surface area contributed by atoms with Crippen LogP contribution in [-0.4, -0.2) is 26.5 Å². The Kier molecular flexibility index (Phi) is 4.16. The molecule has 24 heavy (non-hydrogen) atoms. The molecule has 7 heteroatoms. The normalized spacial score (nSPS) is 19.6. The largest absolute Gasteiger partial charge is 0.346 e. The maximum absolute atomic E-state index is 6.01. The quantitative estimate of drug-likeness (QED) is 0.712. The van der Waals surface area contributed by atoms with Gasteiger partial charge in [0, 0.05) is 9.92 Å². The summed E-state index contributed by atoms with van der Waals surface area (Å²) in [4.78, 5) is 1.25. The van der Waals surface area contributed by atoms with Crippen LogP contribution in [0.1, 0.15) is 29.6 Å². The number of nitrogens with one attached hydrogen (secondary N) is 1. The second-order valence-corrected chi connectivity index (χ2v) is 7.04. The van der Waals surface area contributed by atoms with Crippen molar-refractivity contribution in [1.29, 1.82) is 0 Å². The summed E-state index contributed by atoms with van der Waals surface area (Å²) < 4.78 is 1.86. The van der Waals surface area contributed by atoms with E-state index in [4.69, 9.17) is 11.6 Å². The molecule has 2 heterocycles. The third kappa shape index (κ3) is 2.87. The molecule has 0 spiro atoms. The van der Waals surface area contributed by atoms with Crippen molar-refractivity contribution in [2.45, 2.75) is 23.4 Å². The first-order valence-corrected chi connectivity index (χ1v) is 9.28. The van der Waals surface area contributed by atoms with Crippen molar-refractivity contribution >= 4 is 29.3 Å². The highest BCUT2D eigenvalue weighted by molar-refractivity contribution is 7.98. The number of rotatable bonds is 3. The topological polar surface area (TPSA) is 55.6 Å². The Bertz CT molecular complexity index is 831. The molecule has 0 saturated heterocycles. The van der Waals surface area contributed by atoms with Crippen molar-refractivity contribution in [3.8, 4) is 0 Å². The Morgan fingerprint density at radius 3 is 2.50 bits per heavy atom. The van der Waals surface area contributed by atoms with Gasteiger partial charge in [-0.2, -0.15) is 0 Å². The average Bonchev–Trinajstić information content (AvgIpc) is 3.10. The summed E-state index contributed by atoms with van der Waals surface area (Å²) in [6, 6.07) is 16.8. The molecular weight excluding hydrogens is 342 g/mol. The van der Waals surface area contributed by atoms with Crippen LogP contribution in [0.15, 0.2) is 53.4 Å². The minimum absolute atomic E-state index is 0.104. The summed E-state index contributed by atoms with van der Waals surface area (Å²) in [6.07, 6.45) is 2.95. The van der Waals surface area contributed by atoms with Crippen LogP contribution in [0.5, 0.6) is 0 Å². The number of anilines is 1. The summed E-state index contributed by atoms with van der Waals surface area (Å²) in [5.41, 5.74) is 2.39. The standard InChI is InChI=1S/C17H16ClN5S/c1-24-14-8-4-12(5-9-14)16-10-15(11-2-6-13(18)7-3-11)19-17-20-21-22-23(16)17/h2-9,15-16H,10H2,1H3,(H,19,20,22). The van der Waals surface area contributed by atoms with Crippen molar-refractivity contribution in [2.24, 2.45) is 0 Å². The molecule has 122 valence electrons. The van der Waals surface area contributed by atoms with Gasteiger partial charge in [-0.3, -0.25) is 0 Å². The Balaban J connectivity index is 1.69. The molecule has 1 aliphatic heterocycles. The van der Waals surface area contributed by atoms with Crippen LogP contribution in [0, 0.1) is 0 Å². The summed E-state index contributed by atoms with van der Waals surface area (Å²) in [5, 5.41) is 16.3. The molecule has 0 fully saturated rings. The van der Waals surface area contributed by atoms with Crippen LogP contribution < -0.4 is 5.32 Å². The molecule has 2 atom stereocenters. The molecule has 0 saturated carbocycles. The number of nitrogens with zero attached hydrogens (tertiary/aromatic N) is 4. The van der Waals surface area contributed by atoms with E-state index in [0.29, 0.717) is 5.95 Å². The van der Waals surface area contributed by atoms with E-state index in [2.05, 4.69) is 51.4 Å². The molecule has 4 rings (SSSR count). The molecule has 0 bridgehead atoms. The van der Waals surface area contributed by atoms with E-state index in [1.165, 1.54) is 16.0 Å². The molecule has 5 nitrogen and oxygen atoms in total. The molecule has 1 N–H and O–H groups in total. The minimum atomic E-state index is 0.104. The molecule has 0 aliphatic carbocycles. The van der Waals surface area contributed by atoms with Gasteiger partial charge in [0.25, 0.3) is 0 Å². The van der Waals surface area contributed by atoms with Gasteiger partial charge < -0.3 is 5.32 Å². The number of benzene rings is 2. The van der Waals surface area contributed by atoms with Gasteiger partial charge >= 0.3 is 0 Å². The third-order valence-corrected chi connectivity index (χ3v) is 5.32. The second-order valence-electron chi connectivity index (χ2n) is 5.72. The Morgan fingerprint density at radius 1 is 1.08 bits per heavy atom. The number of hydrogen-bond acceptors (Lipinski definition) is 5. The predicted octanol–water partition coefficient (Wildman–Crippen LogP) is 4.19. The number of halogens is 1. The first-order valence-electron chi connectivity index (χ1n) is 7.68. The Morgan fingerprint density at radius 2 is 1.79 bits per heavy atom. The number of fused-ring (bicyclic) bond motifs is 1. The second kappa shape index (κ2) is 6.45. The monoisotopic (exact) mass is 357 g/mol. The highest BCUT2D eigenvalue weighted by atomic mass is 35.5. The van der Waals surface area contributed by atoms with E-state index in [9.17, 15) is 0 Å². The van der Waals surface area contributed by atoms with Crippen molar-refractivity contribution < 1.29 is 0 Å². The van der Waals surface area contributed by atoms with Gasteiger partial charge in [0.2, 0.25) is 5.95 Å². The van der Waals surface area contributed by atoms with Gasteiger partial charge in [0.15, 0.2) is 0 Å². The fraction of sp³-hybridized carbons (Fsp3) is 0.235. The van der Waals surface area contributed by atoms with Gasteiger partial charge in [-0.25, -0.2) is 4.68 Å². The van der Waals surface area contributed by atoms with Crippen LogP contribution in [-0.2, 0) is 0 Å². The lowest BCUT2D eigenvalue weighted by Gasteiger charge is -2.31. The molecule has 1 aromatic heterocycles. The Hall–Kier alpha value is -2.05. The fourth-order valence-corrected chi connectivity index (χ4v) is 3.59. The zero-order valence-corrected chi connectivity index (χ0v) is 14.6. The van der Waals surface area contributed by atoms with Crippen LogP contribution in [0.2, 0.25) is 5.02 Å². The zero-order valence-electron chi connectivity index (χ0n) is 13.1. The maximum atomic E-state index is 6.01. The molecular formula is C17H16ClN5S. The number of tetrazole rings is 1. The van der Waals surface area contributed by atoms with Crippen LogP contribution in [0.25, 0.3) is 0 Å². The van der Waals surface area contributed by atoms with Gasteiger partial charge in [-0.05, 0) is 58.5 Å². The van der Waals surface area contributed by atoms with Crippen molar-refractivity contribution in [2.75, 3.05) is 11.6 Å². The SMILES string of the molecule is CSc1ccc(C2CC(c3ccc(Cl)cc3)Nc3nnnn32)cc1. The number of thioether (sulfide) groups is 1. The summed E-state index contributed by atoms with van der Waals surface area (Å²) in [5.74, 6) is 0.695. The van der Waals surface area contributed by atoms with Gasteiger partial charge in [0.05, 0.1) is 12.1 Å². The average molecular weight is 358 g/mol. The van der Waals surface area contributed by atoms with Crippen molar-refractivity contribution in [3.05, 3.63) is 64.7 Å². The van der Waals surface area contributed by atoms with E-state index in [-0.39, 0.29) is 12.1 Å². The van der Waals surface area contributed by atoms with Crippen molar-refractivity contribution in [3.63, 3.8) is 0 Å². The van der Waals surface area contributed by atoms with E-state index in [0.717, 1.165) is 11.4 Å². The molecule has 3 aromatic rings.